The molecule has 0 radical (unpaired) electrons. The molecule has 0 unspecified atom stereocenters. The Bertz CT molecular complexity index is 1530. The smallest absolute Gasteiger partial charge is 0.347 e. The standard InChI is InChI=1S/C37H48ClN3O8/c1-21(2)16-30-35(44)47-28(22(3)32-33(49-32)25-13-10-23(19-39)11-14-25)8-7-9-31(42)41-27(18-24-12-15-29(46-6)26(38)17-24)34(43)40-20-37(4,5)36(45)48-30/h7,9-15,17,21-22,27-28,30,32-33H,8,16,18-20,39H2,1-6H3,(H,40,43)(H,41,42)/b9-7+/t22-,27+,28-,30-,32-,33-/m0/s1. The fourth-order valence-electron chi connectivity index (χ4n) is 5.67. The summed E-state index contributed by atoms with van der Waals surface area (Å²) in [4.78, 5) is 53.7. The van der Waals surface area contributed by atoms with E-state index in [2.05, 4.69) is 10.6 Å². The van der Waals surface area contributed by atoms with Crippen LogP contribution in [0.25, 0.3) is 0 Å². The van der Waals surface area contributed by atoms with Crippen LogP contribution < -0.4 is 21.1 Å². The minimum absolute atomic E-state index is 0.0121. The molecule has 0 bridgehead atoms. The molecule has 0 saturated carbocycles. The monoisotopic (exact) mass is 697 g/mol. The van der Waals surface area contributed by atoms with Gasteiger partial charge in [0.2, 0.25) is 11.8 Å². The molecule has 11 nitrogen and oxygen atoms in total. The van der Waals surface area contributed by atoms with E-state index in [0.29, 0.717) is 22.9 Å². The number of halogens is 1. The molecule has 2 aliphatic heterocycles. The number of cyclic esters (lactones) is 2. The van der Waals surface area contributed by atoms with E-state index >= 15 is 0 Å². The van der Waals surface area contributed by atoms with Crippen LogP contribution in [-0.2, 0) is 46.4 Å². The number of nitrogens with one attached hydrogen (secondary N) is 2. The largest absolute Gasteiger partial charge is 0.495 e. The van der Waals surface area contributed by atoms with E-state index in [0.717, 1.165) is 11.1 Å². The molecule has 4 N–H and O–H groups in total. The molecule has 4 rings (SSSR count). The number of rotatable bonds is 9. The average Bonchev–Trinajstić information content (AvgIpc) is 3.86. The summed E-state index contributed by atoms with van der Waals surface area (Å²) in [5.74, 6) is -2.14. The highest BCUT2D eigenvalue weighted by molar-refractivity contribution is 6.32. The molecule has 12 heteroatoms. The Morgan fingerprint density at radius 1 is 1.02 bits per heavy atom. The number of carbonyl (C=O) groups is 4. The minimum atomic E-state index is -1.21. The normalized spacial score (nSPS) is 26.2. The molecule has 6 atom stereocenters. The van der Waals surface area contributed by atoms with Crippen molar-refractivity contribution in [2.45, 2.75) is 90.9 Å². The second kappa shape index (κ2) is 16.7. The van der Waals surface area contributed by atoms with Gasteiger partial charge in [-0.3, -0.25) is 14.4 Å². The maximum atomic E-state index is 13.6. The van der Waals surface area contributed by atoms with Crippen molar-refractivity contribution in [1.29, 1.82) is 0 Å². The maximum absolute atomic E-state index is 13.6. The van der Waals surface area contributed by atoms with Gasteiger partial charge in [0.1, 0.15) is 24.0 Å². The van der Waals surface area contributed by atoms with Crippen LogP contribution in [-0.4, -0.2) is 61.8 Å². The molecule has 0 spiro atoms. The molecule has 1 fully saturated rings. The second-order valence-electron chi connectivity index (χ2n) is 13.8. The summed E-state index contributed by atoms with van der Waals surface area (Å²) in [6.07, 6.45) is 1.18. The highest BCUT2D eigenvalue weighted by Gasteiger charge is 2.48. The van der Waals surface area contributed by atoms with Crippen LogP contribution in [0.15, 0.2) is 54.6 Å². The topological polar surface area (TPSA) is 159 Å². The van der Waals surface area contributed by atoms with E-state index in [1.165, 1.54) is 13.2 Å². The van der Waals surface area contributed by atoms with Crippen LogP contribution >= 0.6 is 11.6 Å². The second-order valence-corrected chi connectivity index (χ2v) is 14.2. The van der Waals surface area contributed by atoms with E-state index in [1.807, 2.05) is 45.0 Å². The number of benzene rings is 2. The zero-order valence-corrected chi connectivity index (χ0v) is 29.8. The van der Waals surface area contributed by atoms with Crippen molar-refractivity contribution in [1.82, 2.24) is 10.6 Å². The lowest BCUT2D eigenvalue weighted by molar-refractivity contribution is -0.179. The van der Waals surface area contributed by atoms with Crippen molar-refractivity contribution in [3.05, 3.63) is 76.3 Å². The number of epoxide rings is 1. The van der Waals surface area contributed by atoms with Gasteiger partial charge < -0.3 is 35.3 Å². The summed E-state index contributed by atoms with van der Waals surface area (Å²) < 4.78 is 23.1. The number of esters is 2. The zero-order valence-electron chi connectivity index (χ0n) is 29.0. The molecule has 1 saturated heterocycles. The van der Waals surface area contributed by atoms with E-state index in [9.17, 15) is 19.2 Å². The van der Waals surface area contributed by atoms with Gasteiger partial charge in [-0.15, -0.1) is 0 Å². The third-order valence-electron chi connectivity index (χ3n) is 8.82. The van der Waals surface area contributed by atoms with Crippen molar-refractivity contribution < 1.29 is 38.1 Å². The van der Waals surface area contributed by atoms with E-state index in [-0.39, 0.29) is 49.9 Å². The fraction of sp³-hybridized carbons (Fsp3) is 0.514. The van der Waals surface area contributed by atoms with Crippen LogP contribution in [0.2, 0.25) is 5.02 Å². The van der Waals surface area contributed by atoms with Crippen LogP contribution in [0, 0.1) is 17.3 Å². The van der Waals surface area contributed by atoms with Crippen molar-refractivity contribution in [3.63, 3.8) is 0 Å². The Morgan fingerprint density at radius 3 is 2.35 bits per heavy atom. The summed E-state index contributed by atoms with van der Waals surface area (Å²) >= 11 is 6.32. The molecule has 0 aliphatic carbocycles. The van der Waals surface area contributed by atoms with Gasteiger partial charge in [0.15, 0.2) is 6.10 Å². The van der Waals surface area contributed by atoms with E-state index in [1.54, 1.807) is 38.1 Å². The van der Waals surface area contributed by atoms with Gasteiger partial charge in [0, 0.05) is 31.8 Å². The van der Waals surface area contributed by atoms with Gasteiger partial charge in [0.25, 0.3) is 0 Å². The lowest BCUT2D eigenvalue weighted by Crippen LogP contribution is -2.51. The van der Waals surface area contributed by atoms with Crippen molar-refractivity contribution in [3.8, 4) is 5.75 Å². The number of hydrogen-bond donors (Lipinski definition) is 3. The quantitative estimate of drug-likeness (QED) is 0.252. The number of nitrogens with two attached hydrogens (primary N) is 1. The molecule has 2 amide bonds. The highest BCUT2D eigenvalue weighted by Crippen LogP contribution is 2.45. The Morgan fingerprint density at radius 2 is 1.71 bits per heavy atom. The maximum Gasteiger partial charge on any atom is 0.347 e. The highest BCUT2D eigenvalue weighted by atomic mass is 35.5. The lowest BCUT2D eigenvalue weighted by atomic mass is 9.92. The third kappa shape index (κ3) is 10.3. The predicted molar refractivity (Wildman–Crippen MR) is 185 cm³/mol. The SMILES string of the molecule is COc1ccc(C[C@H]2NC(=O)/C=C/C[C@@H]([C@H](C)[C@@H]3O[C@H]3c3ccc(CN)cc3)OC(=O)[C@H](CC(C)C)OC(=O)C(C)(C)CNC2=O)cc1Cl. The fourth-order valence-corrected chi connectivity index (χ4v) is 5.95. The lowest BCUT2D eigenvalue weighted by Gasteiger charge is -2.29. The number of amides is 2. The zero-order chi connectivity index (χ0) is 35.9. The van der Waals surface area contributed by atoms with Gasteiger partial charge in [0.05, 0.1) is 23.7 Å². The number of carbonyl (C=O) groups excluding carboxylic acids is 4. The predicted octanol–water partition coefficient (Wildman–Crippen LogP) is 4.58. The molecule has 2 aromatic carbocycles. The first-order valence-corrected chi connectivity index (χ1v) is 17.0. The molecular formula is C37H48ClN3O8. The minimum Gasteiger partial charge on any atom is -0.495 e. The van der Waals surface area contributed by atoms with Gasteiger partial charge >= 0.3 is 11.9 Å². The van der Waals surface area contributed by atoms with Gasteiger partial charge in [-0.25, -0.2) is 4.79 Å². The first kappa shape index (κ1) is 37.9. The van der Waals surface area contributed by atoms with Crippen molar-refractivity contribution in [2.75, 3.05) is 13.7 Å². The summed E-state index contributed by atoms with van der Waals surface area (Å²) in [5.41, 5.74) is 7.22. The number of ether oxygens (including phenoxy) is 4. The summed E-state index contributed by atoms with van der Waals surface area (Å²) in [7, 11) is 1.50. The molecule has 0 aromatic heterocycles. The van der Waals surface area contributed by atoms with Gasteiger partial charge in [-0.1, -0.05) is 68.8 Å². The molecule has 2 aliphatic rings. The molecule has 49 heavy (non-hydrogen) atoms. The summed E-state index contributed by atoms with van der Waals surface area (Å²) in [6, 6.07) is 12.0. The van der Waals surface area contributed by atoms with Crippen LogP contribution in [0.3, 0.4) is 0 Å². The summed E-state index contributed by atoms with van der Waals surface area (Å²) in [6.45, 7) is 9.33. The van der Waals surface area contributed by atoms with Crippen molar-refractivity contribution >= 4 is 35.4 Å². The van der Waals surface area contributed by atoms with E-state index < -0.39 is 47.4 Å². The molecule has 2 heterocycles. The first-order chi connectivity index (χ1) is 23.2. The Hall–Kier alpha value is -3.93. The van der Waals surface area contributed by atoms with Crippen LogP contribution in [0.1, 0.15) is 70.3 Å². The Labute approximate surface area is 293 Å². The van der Waals surface area contributed by atoms with Gasteiger partial charge in [-0.2, -0.15) is 0 Å². The molecular weight excluding hydrogens is 650 g/mol. The number of methoxy groups -OCH3 is 1. The first-order valence-electron chi connectivity index (χ1n) is 16.7. The van der Waals surface area contributed by atoms with Crippen molar-refractivity contribution in [2.24, 2.45) is 23.0 Å². The van der Waals surface area contributed by atoms with Crippen LogP contribution in [0.5, 0.6) is 5.75 Å². The van der Waals surface area contributed by atoms with Crippen LogP contribution in [0.4, 0.5) is 0 Å². The average molecular weight is 698 g/mol. The Kier molecular flexibility index (Phi) is 12.9. The molecule has 2 aromatic rings. The number of hydrogen-bond acceptors (Lipinski definition) is 9. The third-order valence-corrected chi connectivity index (χ3v) is 9.12. The van der Waals surface area contributed by atoms with E-state index in [4.69, 9.17) is 36.3 Å². The van der Waals surface area contributed by atoms with Gasteiger partial charge in [-0.05, 0) is 61.1 Å². The Balaban J connectivity index is 1.60. The summed E-state index contributed by atoms with van der Waals surface area (Å²) in [5, 5.41) is 5.91. The molecule has 266 valence electrons.